The Bertz CT molecular complexity index is 1080. The zero-order valence-corrected chi connectivity index (χ0v) is 18.4. The lowest BCUT2D eigenvalue weighted by Crippen LogP contribution is -2.48. The molecule has 2 aromatic carbocycles. The summed E-state index contributed by atoms with van der Waals surface area (Å²) < 4.78 is 5.77. The summed E-state index contributed by atoms with van der Waals surface area (Å²) in [5, 5.41) is 5.88. The van der Waals surface area contributed by atoms with Crippen molar-refractivity contribution in [1.82, 2.24) is 10.3 Å². The number of amides is 2. The molecule has 2 amide bonds. The predicted molar refractivity (Wildman–Crippen MR) is 123 cm³/mol. The SMILES string of the molecule is CCCNC(=O)CN1C(=O)C(C)Oc2ccc(-c3csc(Cc4ccccc4)n3)cc21. The number of thiazole rings is 1. The molecule has 0 saturated carbocycles. The number of carbonyl (C=O) groups excluding carboxylic acids is 2. The van der Waals surface area contributed by atoms with Crippen LogP contribution in [0.25, 0.3) is 11.3 Å². The fourth-order valence-corrected chi connectivity index (χ4v) is 4.33. The standard InChI is InChI=1S/C24H25N3O3S/c1-3-11-25-22(28)14-27-20-13-18(9-10-21(20)30-16(2)24(27)29)19-15-31-23(26-19)12-17-7-5-4-6-8-17/h4-10,13,15-16H,3,11-12,14H2,1-2H3,(H,25,28). The van der Waals surface area contributed by atoms with Crippen LogP contribution >= 0.6 is 11.3 Å². The molecule has 4 rings (SSSR count). The monoisotopic (exact) mass is 435 g/mol. The van der Waals surface area contributed by atoms with Crippen LogP contribution in [0.1, 0.15) is 30.8 Å². The van der Waals surface area contributed by atoms with Gasteiger partial charge in [0.2, 0.25) is 5.91 Å². The smallest absolute Gasteiger partial charge is 0.268 e. The molecule has 0 aliphatic carbocycles. The van der Waals surface area contributed by atoms with Gasteiger partial charge < -0.3 is 10.1 Å². The molecule has 1 aliphatic rings. The summed E-state index contributed by atoms with van der Waals surface area (Å²) in [5.41, 5.74) is 3.55. The minimum atomic E-state index is -0.630. The molecule has 0 spiro atoms. The summed E-state index contributed by atoms with van der Waals surface area (Å²) in [5.74, 6) is 0.192. The Labute approximate surface area is 185 Å². The Balaban J connectivity index is 1.59. The molecule has 0 fully saturated rings. The van der Waals surface area contributed by atoms with E-state index in [0.717, 1.165) is 29.1 Å². The number of benzene rings is 2. The van der Waals surface area contributed by atoms with Crippen LogP contribution in [0.3, 0.4) is 0 Å². The molecule has 1 N–H and O–H groups in total. The first-order valence-electron chi connectivity index (χ1n) is 10.4. The van der Waals surface area contributed by atoms with Crippen LogP contribution in [0.4, 0.5) is 5.69 Å². The van der Waals surface area contributed by atoms with Crippen LogP contribution in [-0.2, 0) is 16.0 Å². The molecule has 1 atom stereocenters. The molecule has 31 heavy (non-hydrogen) atoms. The zero-order chi connectivity index (χ0) is 21.8. The molecule has 1 aliphatic heterocycles. The summed E-state index contributed by atoms with van der Waals surface area (Å²) in [6.45, 7) is 4.25. The second kappa shape index (κ2) is 9.31. The zero-order valence-electron chi connectivity index (χ0n) is 17.6. The summed E-state index contributed by atoms with van der Waals surface area (Å²) in [6, 6.07) is 15.9. The van der Waals surface area contributed by atoms with Gasteiger partial charge in [-0.15, -0.1) is 11.3 Å². The third kappa shape index (κ3) is 4.77. The number of ether oxygens (including phenoxy) is 1. The van der Waals surface area contributed by atoms with E-state index in [1.165, 1.54) is 10.5 Å². The number of nitrogens with zero attached hydrogens (tertiary/aromatic N) is 2. The Kier molecular flexibility index (Phi) is 6.32. The fraction of sp³-hybridized carbons (Fsp3) is 0.292. The fourth-order valence-electron chi connectivity index (χ4n) is 3.49. The minimum Gasteiger partial charge on any atom is -0.479 e. The number of hydrogen-bond donors (Lipinski definition) is 1. The maximum absolute atomic E-state index is 12.8. The van der Waals surface area contributed by atoms with Crippen molar-refractivity contribution in [2.45, 2.75) is 32.8 Å². The van der Waals surface area contributed by atoms with Gasteiger partial charge in [0.1, 0.15) is 12.3 Å². The normalized spacial score (nSPS) is 15.4. The summed E-state index contributed by atoms with van der Waals surface area (Å²) in [7, 11) is 0. The van der Waals surface area contributed by atoms with Gasteiger partial charge in [-0.1, -0.05) is 37.3 Å². The van der Waals surface area contributed by atoms with Gasteiger partial charge in [0.15, 0.2) is 6.10 Å². The highest BCUT2D eigenvalue weighted by atomic mass is 32.1. The van der Waals surface area contributed by atoms with Crippen molar-refractivity contribution in [3.63, 3.8) is 0 Å². The van der Waals surface area contributed by atoms with E-state index in [-0.39, 0.29) is 18.4 Å². The van der Waals surface area contributed by atoms with Crippen LogP contribution in [0, 0.1) is 0 Å². The Morgan fingerprint density at radius 2 is 2.03 bits per heavy atom. The van der Waals surface area contributed by atoms with Gasteiger partial charge in [-0.2, -0.15) is 0 Å². The minimum absolute atomic E-state index is 0.0285. The molecular formula is C24H25N3O3S. The summed E-state index contributed by atoms with van der Waals surface area (Å²) in [4.78, 5) is 31.4. The largest absolute Gasteiger partial charge is 0.479 e. The molecule has 3 aromatic rings. The Hall–Kier alpha value is -3.19. The second-order valence-corrected chi connectivity index (χ2v) is 8.45. The molecule has 1 aromatic heterocycles. The van der Waals surface area contributed by atoms with E-state index >= 15 is 0 Å². The molecule has 0 radical (unpaired) electrons. The van der Waals surface area contributed by atoms with Gasteiger partial charge in [-0.05, 0) is 37.1 Å². The molecule has 7 heteroatoms. The first kappa shape index (κ1) is 21.1. The molecular weight excluding hydrogens is 410 g/mol. The first-order chi connectivity index (χ1) is 15.0. The van der Waals surface area contributed by atoms with Crippen LogP contribution in [0.2, 0.25) is 0 Å². The van der Waals surface area contributed by atoms with Crippen molar-refractivity contribution in [3.8, 4) is 17.0 Å². The summed E-state index contributed by atoms with van der Waals surface area (Å²) in [6.07, 6.45) is 0.989. The number of carbonyl (C=O) groups is 2. The van der Waals surface area contributed by atoms with E-state index in [1.54, 1.807) is 18.3 Å². The maximum Gasteiger partial charge on any atom is 0.268 e. The van der Waals surface area contributed by atoms with Crippen LogP contribution in [-0.4, -0.2) is 36.0 Å². The first-order valence-corrected chi connectivity index (χ1v) is 11.3. The van der Waals surface area contributed by atoms with Gasteiger partial charge in [0.05, 0.1) is 16.4 Å². The Morgan fingerprint density at radius 1 is 1.23 bits per heavy atom. The van der Waals surface area contributed by atoms with Gasteiger partial charge in [0.25, 0.3) is 5.91 Å². The number of anilines is 1. The number of hydrogen-bond acceptors (Lipinski definition) is 5. The topological polar surface area (TPSA) is 71.5 Å². The van der Waals surface area contributed by atoms with E-state index in [9.17, 15) is 9.59 Å². The van der Waals surface area contributed by atoms with E-state index in [1.807, 2.05) is 48.7 Å². The highest BCUT2D eigenvalue weighted by Gasteiger charge is 2.33. The van der Waals surface area contributed by atoms with Gasteiger partial charge in [0, 0.05) is 23.9 Å². The Morgan fingerprint density at radius 3 is 2.81 bits per heavy atom. The predicted octanol–water partition coefficient (Wildman–Crippen LogP) is 4.04. The number of nitrogens with one attached hydrogen (secondary N) is 1. The van der Waals surface area contributed by atoms with E-state index in [0.29, 0.717) is 18.0 Å². The van der Waals surface area contributed by atoms with Gasteiger partial charge >= 0.3 is 0 Å². The lowest BCUT2D eigenvalue weighted by Gasteiger charge is -2.32. The third-order valence-corrected chi connectivity index (χ3v) is 5.94. The third-order valence-electron chi connectivity index (χ3n) is 5.09. The van der Waals surface area contributed by atoms with Crippen molar-refractivity contribution < 1.29 is 14.3 Å². The van der Waals surface area contributed by atoms with E-state index < -0.39 is 6.10 Å². The van der Waals surface area contributed by atoms with E-state index in [4.69, 9.17) is 9.72 Å². The van der Waals surface area contributed by atoms with Crippen molar-refractivity contribution in [1.29, 1.82) is 0 Å². The van der Waals surface area contributed by atoms with Crippen molar-refractivity contribution in [2.24, 2.45) is 0 Å². The maximum atomic E-state index is 12.8. The summed E-state index contributed by atoms with van der Waals surface area (Å²) >= 11 is 1.61. The molecule has 1 unspecified atom stereocenters. The number of aromatic nitrogens is 1. The molecule has 6 nitrogen and oxygen atoms in total. The van der Waals surface area contributed by atoms with Gasteiger partial charge in [-0.25, -0.2) is 4.98 Å². The van der Waals surface area contributed by atoms with E-state index in [2.05, 4.69) is 17.4 Å². The van der Waals surface area contributed by atoms with Crippen molar-refractivity contribution in [3.05, 3.63) is 64.5 Å². The highest BCUT2D eigenvalue weighted by molar-refractivity contribution is 7.10. The van der Waals surface area contributed by atoms with Crippen LogP contribution < -0.4 is 15.0 Å². The molecule has 160 valence electrons. The lowest BCUT2D eigenvalue weighted by atomic mass is 10.1. The molecule has 0 saturated heterocycles. The molecule has 0 bridgehead atoms. The number of fused-ring (bicyclic) bond motifs is 1. The average Bonchev–Trinajstić information content (AvgIpc) is 3.24. The van der Waals surface area contributed by atoms with Crippen molar-refractivity contribution >= 4 is 28.8 Å². The van der Waals surface area contributed by atoms with Crippen LogP contribution in [0.15, 0.2) is 53.9 Å². The average molecular weight is 436 g/mol. The van der Waals surface area contributed by atoms with Crippen molar-refractivity contribution in [2.75, 3.05) is 18.0 Å². The van der Waals surface area contributed by atoms with Crippen LogP contribution in [0.5, 0.6) is 5.75 Å². The van der Waals surface area contributed by atoms with Gasteiger partial charge in [-0.3, -0.25) is 14.5 Å². The lowest BCUT2D eigenvalue weighted by molar-refractivity contribution is -0.128. The quantitative estimate of drug-likeness (QED) is 0.608. The highest BCUT2D eigenvalue weighted by Crippen LogP contribution is 2.37. The second-order valence-electron chi connectivity index (χ2n) is 7.51. The molecule has 2 heterocycles. The number of rotatable bonds is 7.